The molecule has 1 heterocycles. The molecule has 3 nitrogen and oxygen atoms in total. The molecule has 0 bridgehead atoms. The fourth-order valence-corrected chi connectivity index (χ4v) is 2.43. The number of rotatable bonds is 0. The number of benzene rings is 1. The minimum absolute atomic E-state index is 0.158. The summed E-state index contributed by atoms with van der Waals surface area (Å²) in [5.74, 6) is 0. The van der Waals surface area contributed by atoms with E-state index >= 15 is 0 Å². The van der Waals surface area contributed by atoms with Crippen LogP contribution in [0.4, 0.5) is 10.5 Å². The molecule has 0 unspecified atom stereocenters. The van der Waals surface area contributed by atoms with Crippen LogP contribution in [0.15, 0.2) is 23.1 Å². The summed E-state index contributed by atoms with van der Waals surface area (Å²) in [5.41, 5.74) is 0.885. The lowest BCUT2D eigenvalue weighted by molar-refractivity contribution is 0.257. The van der Waals surface area contributed by atoms with E-state index in [1.54, 1.807) is 0 Å². The highest BCUT2D eigenvalue weighted by Crippen LogP contribution is 2.32. The average Bonchev–Trinajstić information content (AvgIpc) is 2.04. The standard InChI is InChI=1S/C7H5IN2OS/c8-4-2-1-3-5-6(4)12-10-7(11)9-5/h1-3H,(H2,9,10,11). The van der Waals surface area contributed by atoms with Crippen LogP contribution in [0.3, 0.4) is 0 Å². The fourth-order valence-electron chi connectivity index (χ4n) is 0.956. The predicted octanol–water partition coefficient (Wildman–Crippen LogP) is 2.43. The van der Waals surface area contributed by atoms with Crippen molar-refractivity contribution < 1.29 is 4.79 Å². The van der Waals surface area contributed by atoms with E-state index in [0.717, 1.165) is 14.2 Å². The van der Waals surface area contributed by atoms with Gasteiger partial charge in [0.2, 0.25) is 0 Å². The van der Waals surface area contributed by atoms with Crippen LogP contribution >= 0.6 is 34.5 Å². The van der Waals surface area contributed by atoms with Gasteiger partial charge in [-0.2, -0.15) is 0 Å². The Morgan fingerprint density at radius 2 is 2.25 bits per heavy atom. The number of urea groups is 1. The van der Waals surface area contributed by atoms with Gasteiger partial charge in [0.1, 0.15) is 0 Å². The van der Waals surface area contributed by atoms with Crippen molar-refractivity contribution in [2.75, 3.05) is 5.32 Å². The molecule has 1 aliphatic rings. The molecule has 2 N–H and O–H groups in total. The average molecular weight is 292 g/mol. The molecule has 5 heteroatoms. The highest BCUT2D eigenvalue weighted by Gasteiger charge is 2.15. The highest BCUT2D eigenvalue weighted by atomic mass is 127. The SMILES string of the molecule is O=C1NSc2c(I)cccc2N1. The van der Waals surface area contributed by atoms with Crippen LogP contribution in [0, 0.1) is 3.57 Å². The molecule has 0 spiro atoms. The molecule has 1 aromatic rings. The summed E-state index contributed by atoms with van der Waals surface area (Å²) in [6, 6.07) is 5.66. The Bertz CT molecular complexity index is 342. The summed E-state index contributed by atoms with van der Waals surface area (Å²) in [7, 11) is 0. The van der Waals surface area contributed by atoms with Gasteiger partial charge in [-0.1, -0.05) is 6.07 Å². The van der Waals surface area contributed by atoms with E-state index in [9.17, 15) is 4.79 Å². The first-order valence-corrected chi connectivity index (χ1v) is 5.19. The maximum absolute atomic E-state index is 10.9. The predicted molar refractivity (Wildman–Crippen MR) is 57.2 cm³/mol. The van der Waals surface area contributed by atoms with E-state index < -0.39 is 0 Å². The Hall–Kier alpha value is -0.430. The van der Waals surface area contributed by atoms with Gasteiger partial charge in [-0.3, -0.25) is 4.72 Å². The van der Waals surface area contributed by atoms with Crippen LogP contribution in [0.2, 0.25) is 0 Å². The Kier molecular flexibility index (Phi) is 2.14. The number of fused-ring (bicyclic) bond motifs is 1. The van der Waals surface area contributed by atoms with Crippen molar-refractivity contribution in [3.8, 4) is 0 Å². The second-order valence-corrected chi connectivity index (χ2v) is 4.25. The lowest BCUT2D eigenvalue weighted by atomic mass is 10.3. The zero-order chi connectivity index (χ0) is 8.55. The van der Waals surface area contributed by atoms with Crippen molar-refractivity contribution in [2.45, 2.75) is 4.90 Å². The molecule has 1 aliphatic heterocycles. The van der Waals surface area contributed by atoms with E-state index in [0.29, 0.717) is 0 Å². The third-order valence-electron chi connectivity index (χ3n) is 1.46. The summed E-state index contributed by atoms with van der Waals surface area (Å²) in [4.78, 5) is 12.0. The van der Waals surface area contributed by atoms with Crippen LogP contribution in [-0.2, 0) is 0 Å². The minimum atomic E-state index is -0.158. The molecule has 12 heavy (non-hydrogen) atoms. The molecule has 0 aromatic heterocycles. The smallest absolute Gasteiger partial charge is 0.306 e. The molecule has 1 aromatic carbocycles. The second kappa shape index (κ2) is 3.14. The zero-order valence-electron chi connectivity index (χ0n) is 5.93. The van der Waals surface area contributed by atoms with Crippen molar-refractivity contribution >= 4 is 46.3 Å². The Labute approximate surface area is 87.6 Å². The van der Waals surface area contributed by atoms with Crippen LogP contribution in [0.5, 0.6) is 0 Å². The van der Waals surface area contributed by atoms with Gasteiger partial charge in [-0.15, -0.1) is 0 Å². The van der Waals surface area contributed by atoms with Gasteiger partial charge < -0.3 is 5.32 Å². The van der Waals surface area contributed by atoms with E-state index in [1.807, 2.05) is 18.2 Å². The molecular weight excluding hydrogens is 287 g/mol. The summed E-state index contributed by atoms with van der Waals surface area (Å²) in [5, 5.41) is 2.73. The third kappa shape index (κ3) is 1.38. The van der Waals surface area contributed by atoms with Gasteiger partial charge in [0.25, 0.3) is 0 Å². The number of nitrogens with one attached hydrogen (secondary N) is 2. The Balaban J connectivity index is 2.48. The number of carbonyl (C=O) groups is 1. The maximum atomic E-state index is 10.9. The molecule has 0 fully saturated rings. The molecule has 62 valence electrons. The van der Waals surface area contributed by atoms with Gasteiger partial charge >= 0.3 is 6.03 Å². The van der Waals surface area contributed by atoms with Crippen LogP contribution in [0.1, 0.15) is 0 Å². The van der Waals surface area contributed by atoms with E-state index in [-0.39, 0.29) is 6.03 Å². The van der Waals surface area contributed by atoms with Crippen molar-refractivity contribution in [3.05, 3.63) is 21.8 Å². The topological polar surface area (TPSA) is 41.1 Å². The van der Waals surface area contributed by atoms with Crippen molar-refractivity contribution in [3.63, 3.8) is 0 Å². The molecule has 0 radical (unpaired) electrons. The molecule has 0 atom stereocenters. The first-order valence-electron chi connectivity index (χ1n) is 3.30. The lowest BCUT2D eigenvalue weighted by Crippen LogP contribution is -2.27. The van der Waals surface area contributed by atoms with E-state index in [1.165, 1.54) is 11.9 Å². The Morgan fingerprint density at radius 1 is 1.42 bits per heavy atom. The lowest BCUT2D eigenvalue weighted by Gasteiger charge is -2.17. The maximum Gasteiger partial charge on any atom is 0.329 e. The normalized spacial score (nSPS) is 14.6. The van der Waals surface area contributed by atoms with Gasteiger partial charge in [0.15, 0.2) is 0 Å². The summed E-state index contributed by atoms with van der Waals surface area (Å²) >= 11 is 3.59. The number of hydrogen-bond donors (Lipinski definition) is 2. The Morgan fingerprint density at radius 3 is 3.08 bits per heavy atom. The van der Waals surface area contributed by atoms with Crippen LogP contribution in [0.25, 0.3) is 0 Å². The number of carbonyl (C=O) groups excluding carboxylic acids is 1. The summed E-state index contributed by atoms with van der Waals surface area (Å²) < 4.78 is 3.78. The van der Waals surface area contributed by atoms with Crippen LogP contribution in [-0.4, -0.2) is 6.03 Å². The number of amides is 2. The van der Waals surface area contributed by atoms with Gasteiger partial charge in [-0.05, 0) is 46.7 Å². The van der Waals surface area contributed by atoms with E-state index in [2.05, 4.69) is 32.6 Å². The summed E-state index contributed by atoms with van der Waals surface area (Å²) in [6.45, 7) is 0. The minimum Gasteiger partial charge on any atom is -0.306 e. The first-order chi connectivity index (χ1) is 5.77. The largest absolute Gasteiger partial charge is 0.329 e. The van der Waals surface area contributed by atoms with Gasteiger partial charge in [0, 0.05) is 3.57 Å². The van der Waals surface area contributed by atoms with Crippen molar-refractivity contribution in [1.82, 2.24) is 4.72 Å². The molecular formula is C7H5IN2OS. The van der Waals surface area contributed by atoms with Gasteiger partial charge in [-0.25, -0.2) is 4.79 Å². The van der Waals surface area contributed by atoms with Crippen molar-refractivity contribution in [2.24, 2.45) is 0 Å². The number of anilines is 1. The van der Waals surface area contributed by atoms with Gasteiger partial charge in [0.05, 0.1) is 10.6 Å². The zero-order valence-corrected chi connectivity index (χ0v) is 8.90. The van der Waals surface area contributed by atoms with Crippen molar-refractivity contribution in [1.29, 1.82) is 0 Å². The van der Waals surface area contributed by atoms with Crippen LogP contribution < -0.4 is 10.0 Å². The molecule has 0 aliphatic carbocycles. The quantitative estimate of drug-likeness (QED) is 0.569. The fraction of sp³-hybridized carbons (Fsp3) is 0. The third-order valence-corrected chi connectivity index (χ3v) is 3.66. The highest BCUT2D eigenvalue weighted by molar-refractivity contribution is 14.1. The molecule has 2 rings (SSSR count). The molecule has 2 amide bonds. The molecule has 0 saturated heterocycles. The number of hydrogen-bond acceptors (Lipinski definition) is 2. The molecule has 0 saturated carbocycles. The summed E-state index contributed by atoms with van der Waals surface area (Å²) in [6.07, 6.45) is 0. The second-order valence-electron chi connectivity index (χ2n) is 2.27. The van der Waals surface area contributed by atoms with E-state index in [4.69, 9.17) is 0 Å². The monoisotopic (exact) mass is 292 g/mol. The first kappa shape index (κ1) is 8.18. The number of halogens is 1.